The fourth-order valence-corrected chi connectivity index (χ4v) is 1.03. The molecule has 0 rings (SSSR count). The number of aliphatic carboxylic acids is 1. The van der Waals surface area contributed by atoms with Crippen molar-refractivity contribution in [1.82, 2.24) is 5.32 Å². The molecule has 2 atom stereocenters. The Labute approximate surface area is 92.6 Å². The summed E-state index contributed by atoms with van der Waals surface area (Å²) < 4.78 is 0. The van der Waals surface area contributed by atoms with Gasteiger partial charge in [0.2, 0.25) is 0 Å². The van der Waals surface area contributed by atoms with Crippen LogP contribution in [0.2, 0.25) is 0 Å². The van der Waals surface area contributed by atoms with Gasteiger partial charge in [0.05, 0.1) is 0 Å². The molecule has 6 heteroatoms. The molecular weight excluding hydrogens is 229 g/mol. The van der Waals surface area contributed by atoms with E-state index in [-0.39, 0.29) is 5.92 Å². The number of carboxylic acid groups (broad SMARTS) is 1. The number of carbonyl (C=O) groups is 2. The zero-order chi connectivity index (χ0) is 11.3. The molecular formula is C8H13Cl2NO3. The summed E-state index contributed by atoms with van der Waals surface area (Å²) in [5.74, 6) is -1.92. The minimum atomic E-state index is -1.24. The third-order valence-corrected chi connectivity index (χ3v) is 2.37. The van der Waals surface area contributed by atoms with Crippen molar-refractivity contribution in [1.29, 1.82) is 0 Å². The topological polar surface area (TPSA) is 66.4 Å². The molecule has 4 nitrogen and oxygen atoms in total. The van der Waals surface area contributed by atoms with E-state index in [1.54, 1.807) is 6.92 Å². The van der Waals surface area contributed by atoms with E-state index in [4.69, 9.17) is 28.3 Å². The van der Waals surface area contributed by atoms with Crippen molar-refractivity contribution in [2.24, 2.45) is 5.92 Å². The zero-order valence-electron chi connectivity index (χ0n) is 7.96. The highest BCUT2D eigenvalue weighted by Gasteiger charge is 2.26. The second kappa shape index (κ2) is 6.09. The number of carbonyl (C=O) groups excluding carboxylic acids is 1. The Balaban J connectivity index is 4.38. The lowest BCUT2D eigenvalue weighted by Crippen LogP contribution is -2.46. The molecule has 2 unspecified atom stereocenters. The third-order valence-electron chi connectivity index (χ3n) is 1.97. The van der Waals surface area contributed by atoms with Gasteiger partial charge in [-0.05, 0) is 5.92 Å². The number of nitrogens with one attached hydrogen (secondary N) is 1. The fourth-order valence-electron chi connectivity index (χ4n) is 0.899. The molecule has 2 N–H and O–H groups in total. The van der Waals surface area contributed by atoms with E-state index in [0.717, 1.165) is 0 Å². The number of amides is 1. The minimum Gasteiger partial charge on any atom is -0.480 e. The SMILES string of the molecule is CCC(C)C(NC(=O)C(Cl)Cl)C(=O)O. The average Bonchev–Trinajstić information content (AvgIpc) is 2.11. The number of rotatable bonds is 5. The summed E-state index contributed by atoms with van der Waals surface area (Å²) in [4.78, 5) is 20.6. The number of carboxylic acids is 1. The van der Waals surface area contributed by atoms with Crippen molar-refractivity contribution < 1.29 is 14.7 Å². The Kier molecular flexibility index (Phi) is 5.88. The van der Waals surface area contributed by atoms with Gasteiger partial charge >= 0.3 is 5.97 Å². The lowest BCUT2D eigenvalue weighted by Gasteiger charge is -2.20. The first-order valence-corrected chi connectivity index (χ1v) is 5.08. The van der Waals surface area contributed by atoms with E-state index in [1.165, 1.54) is 0 Å². The van der Waals surface area contributed by atoms with E-state index < -0.39 is 22.8 Å². The van der Waals surface area contributed by atoms with Crippen LogP contribution >= 0.6 is 23.2 Å². The minimum absolute atomic E-state index is 0.163. The molecule has 0 aromatic heterocycles. The van der Waals surface area contributed by atoms with Gasteiger partial charge in [-0.15, -0.1) is 0 Å². The Bertz CT molecular complexity index is 221. The van der Waals surface area contributed by atoms with Crippen LogP contribution in [0.4, 0.5) is 0 Å². The molecule has 14 heavy (non-hydrogen) atoms. The van der Waals surface area contributed by atoms with E-state index in [2.05, 4.69) is 5.32 Å². The molecule has 0 radical (unpaired) electrons. The molecule has 0 saturated heterocycles. The molecule has 0 heterocycles. The summed E-state index contributed by atoms with van der Waals surface area (Å²) in [5.41, 5.74) is 0. The summed E-state index contributed by atoms with van der Waals surface area (Å²) in [6, 6.07) is -0.938. The van der Waals surface area contributed by atoms with Gasteiger partial charge in [-0.25, -0.2) is 4.79 Å². The van der Waals surface area contributed by atoms with Crippen LogP contribution < -0.4 is 5.32 Å². The van der Waals surface area contributed by atoms with Gasteiger partial charge in [-0.1, -0.05) is 43.5 Å². The van der Waals surface area contributed by atoms with Gasteiger partial charge in [0.1, 0.15) is 6.04 Å². The van der Waals surface area contributed by atoms with Gasteiger partial charge in [-0.2, -0.15) is 0 Å². The van der Waals surface area contributed by atoms with Gasteiger partial charge in [-0.3, -0.25) is 4.79 Å². The molecule has 0 aliphatic heterocycles. The predicted octanol–water partition coefficient (Wildman–Crippen LogP) is 1.41. The van der Waals surface area contributed by atoms with Crippen LogP contribution in [-0.2, 0) is 9.59 Å². The molecule has 0 saturated carbocycles. The predicted molar refractivity (Wildman–Crippen MR) is 54.5 cm³/mol. The Morgan fingerprint density at radius 3 is 2.21 bits per heavy atom. The van der Waals surface area contributed by atoms with Crippen LogP contribution in [0.1, 0.15) is 20.3 Å². The van der Waals surface area contributed by atoms with Crippen molar-refractivity contribution in [3.05, 3.63) is 0 Å². The first-order valence-electron chi connectivity index (χ1n) is 4.21. The first-order chi connectivity index (χ1) is 6.40. The van der Waals surface area contributed by atoms with E-state index in [9.17, 15) is 9.59 Å². The standard InChI is InChI=1S/C8H13Cl2NO3/c1-3-4(2)5(8(13)14)11-7(12)6(9)10/h4-6H,3H2,1-2H3,(H,11,12)(H,13,14). The second-order valence-corrected chi connectivity index (χ2v) is 4.11. The maximum atomic E-state index is 11.0. The van der Waals surface area contributed by atoms with E-state index in [0.29, 0.717) is 6.42 Å². The van der Waals surface area contributed by atoms with Crippen LogP contribution in [0.25, 0.3) is 0 Å². The molecule has 0 bridgehead atoms. The van der Waals surface area contributed by atoms with Crippen molar-refractivity contribution in [3.8, 4) is 0 Å². The Morgan fingerprint density at radius 2 is 1.93 bits per heavy atom. The highest BCUT2D eigenvalue weighted by atomic mass is 35.5. The number of hydrogen-bond donors (Lipinski definition) is 2. The van der Waals surface area contributed by atoms with Crippen LogP contribution in [0.5, 0.6) is 0 Å². The number of hydrogen-bond acceptors (Lipinski definition) is 2. The highest BCUT2D eigenvalue weighted by molar-refractivity contribution is 6.53. The molecule has 0 aromatic carbocycles. The second-order valence-electron chi connectivity index (χ2n) is 3.01. The molecule has 0 fully saturated rings. The summed E-state index contributed by atoms with van der Waals surface area (Å²) in [6.45, 7) is 3.57. The lowest BCUT2D eigenvalue weighted by molar-refractivity contribution is -0.143. The quantitative estimate of drug-likeness (QED) is 0.716. The van der Waals surface area contributed by atoms with Crippen LogP contribution in [0, 0.1) is 5.92 Å². The van der Waals surface area contributed by atoms with Crippen molar-refractivity contribution >= 4 is 35.1 Å². The Morgan fingerprint density at radius 1 is 1.43 bits per heavy atom. The molecule has 82 valence electrons. The molecule has 1 amide bonds. The zero-order valence-corrected chi connectivity index (χ0v) is 9.47. The van der Waals surface area contributed by atoms with Crippen LogP contribution in [0.15, 0.2) is 0 Å². The first kappa shape index (κ1) is 13.5. The molecule has 0 aromatic rings. The number of halogens is 2. The van der Waals surface area contributed by atoms with Crippen molar-refractivity contribution in [3.63, 3.8) is 0 Å². The average molecular weight is 242 g/mol. The van der Waals surface area contributed by atoms with Gasteiger partial charge in [0.15, 0.2) is 4.84 Å². The lowest BCUT2D eigenvalue weighted by atomic mass is 9.99. The Hall–Kier alpha value is -0.480. The van der Waals surface area contributed by atoms with Crippen LogP contribution in [0.3, 0.4) is 0 Å². The summed E-state index contributed by atoms with van der Waals surface area (Å²) >= 11 is 10.6. The van der Waals surface area contributed by atoms with Gasteiger partial charge in [0, 0.05) is 0 Å². The van der Waals surface area contributed by atoms with Crippen molar-refractivity contribution in [2.45, 2.75) is 31.1 Å². The van der Waals surface area contributed by atoms with E-state index in [1.807, 2.05) is 6.92 Å². The molecule has 0 aliphatic carbocycles. The third kappa shape index (κ3) is 4.15. The molecule has 0 spiro atoms. The summed E-state index contributed by atoms with van der Waals surface area (Å²) in [5, 5.41) is 11.1. The summed E-state index contributed by atoms with van der Waals surface area (Å²) in [7, 11) is 0. The monoisotopic (exact) mass is 241 g/mol. The summed E-state index contributed by atoms with van der Waals surface area (Å²) in [6.07, 6.45) is 0.645. The fraction of sp³-hybridized carbons (Fsp3) is 0.750. The normalized spacial score (nSPS) is 14.9. The van der Waals surface area contributed by atoms with Gasteiger partial charge < -0.3 is 10.4 Å². The highest BCUT2D eigenvalue weighted by Crippen LogP contribution is 2.09. The van der Waals surface area contributed by atoms with Crippen molar-refractivity contribution in [2.75, 3.05) is 0 Å². The maximum Gasteiger partial charge on any atom is 0.326 e. The largest absolute Gasteiger partial charge is 0.480 e. The maximum absolute atomic E-state index is 11.0. The van der Waals surface area contributed by atoms with Crippen LogP contribution in [-0.4, -0.2) is 27.9 Å². The van der Waals surface area contributed by atoms with E-state index >= 15 is 0 Å². The number of alkyl halides is 2. The van der Waals surface area contributed by atoms with Gasteiger partial charge in [0.25, 0.3) is 5.91 Å². The smallest absolute Gasteiger partial charge is 0.326 e. The molecule has 0 aliphatic rings.